The standard InChI is InChI=1S/C16H18BrNO/c1-3-18-11-13-4-9-16(12(2)10-13)19-15-7-5-14(17)6-8-15/h4-10,18H,3,11H2,1-2H3. The Labute approximate surface area is 122 Å². The Morgan fingerprint density at radius 1 is 1.11 bits per heavy atom. The Balaban J connectivity index is 2.10. The number of aryl methyl sites for hydroxylation is 1. The number of benzene rings is 2. The Kier molecular flexibility index (Phi) is 5.00. The molecule has 1 N–H and O–H groups in total. The zero-order chi connectivity index (χ0) is 13.7. The topological polar surface area (TPSA) is 21.3 Å². The summed E-state index contributed by atoms with van der Waals surface area (Å²) in [6.45, 7) is 6.06. The highest BCUT2D eigenvalue weighted by Gasteiger charge is 2.03. The summed E-state index contributed by atoms with van der Waals surface area (Å²) in [7, 11) is 0. The highest BCUT2D eigenvalue weighted by molar-refractivity contribution is 9.10. The molecule has 0 aliphatic carbocycles. The lowest BCUT2D eigenvalue weighted by atomic mass is 10.1. The maximum atomic E-state index is 5.88. The van der Waals surface area contributed by atoms with Crippen LogP contribution in [0.25, 0.3) is 0 Å². The molecule has 0 aliphatic rings. The van der Waals surface area contributed by atoms with Gasteiger partial charge in [-0.25, -0.2) is 0 Å². The maximum Gasteiger partial charge on any atom is 0.130 e. The maximum absolute atomic E-state index is 5.88. The minimum atomic E-state index is 0.853. The van der Waals surface area contributed by atoms with Gasteiger partial charge in [-0.15, -0.1) is 0 Å². The van der Waals surface area contributed by atoms with Crippen molar-refractivity contribution in [1.82, 2.24) is 5.32 Å². The fourth-order valence-electron chi connectivity index (χ4n) is 1.83. The summed E-state index contributed by atoms with van der Waals surface area (Å²) < 4.78 is 6.94. The lowest BCUT2D eigenvalue weighted by Gasteiger charge is -2.10. The fraction of sp³-hybridized carbons (Fsp3) is 0.250. The van der Waals surface area contributed by atoms with Gasteiger partial charge in [0, 0.05) is 11.0 Å². The van der Waals surface area contributed by atoms with Gasteiger partial charge in [0.25, 0.3) is 0 Å². The van der Waals surface area contributed by atoms with Crippen molar-refractivity contribution in [3.05, 3.63) is 58.1 Å². The zero-order valence-corrected chi connectivity index (χ0v) is 12.8. The molecule has 0 atom stereocenters. The van der Waals surface area contributed by atoms with E-state index in [9.17, 15) is 0 Å². The van der Waals surface area contributed by atoms with Gasteiger partial charge in [-0.05, 0) is 54.9 Å². The van der Waals surface area contributed by atoms with Crippen molar-refractivity contribution in [3.63, 3.8) is 0 Å². The second kappa shape index (κ2) is 6.73. The number of hydrogen-bond acceptors (Lipinski definition) is 2. The Morgan fingerprint density at radius 2 is 1.84 bits per heavy atom. The molecule has 2 aromatic rings. The highest BCUT2D eigenvalue weighted by Crippen LogP contribution is 2.26. The van der Waals surface area contributed by atoms with Crippen LogP contribution in [0.3, 0.4) is 0 Å². The molecule has 2 rings (SSSR count). The first kappa shape index (κ1) is 14.1. The molecule has 19 heavy (non-hydrogen) atoms. The summed E-state index contributed by atoms with van der Waals surface area (Å²) in [5.74, 6) is 1.76. The van der Waals surface area contributed by atoms with Crippen LogP contribution >= 0.6 is 15.9 Å². The molecule has 100 valence electrons. The minimum Gasteiger partial charge on any atom is -0.457 e. The minimum absolute atomic E-state index is 0.853. The van der Waals surface area contributed by atoms with Gasteiger partial charge >= 0.3 is 0 Å². The van der Waals surface area contributed by atoms with Gasteiger partial charge in [0.05, 0.1) is 0 Å². The number of hydrogen-bond donors (Lipinski definition) is 1. The van der Waals surface area contributed by atoms with E-state index < -0.39 is 0 Å². The third-order valence-corrected chi connectivity index (χ3v) is 3.39. The van der Waals surface area contributed by atoms with E-state index in [0.717, 1.165) is 34.6 Å². The van der Waals surface area contributed by atoms with Crippen molar-refractivity contribution in [3.8, 4) is 11.5 Å². The molecular formula is C16H18BrNO. The average molecular weight is 320 g/mol. The van der Waals surface area contributed by atoms with Crippen LogP contribution in [-0.2, 0) is 6.54 Å². The van der Waals surface area contributed by atoms with E-state index in [-0.39, 0.29) is 0 Å². The molecular weight excluding hydrogens is 302 g/mol. The predicted octanol–water partition coefficient (Wildman–Crippen LogP) is 4.66. The molecule has 0 aliphatic heterocycles. The van der Waals surface area contributed by atoms with E-state index in [0.29, 0.717) is 0 Å². The second-order valence-corrected chi connectivity index (χ2v) is 5.35. The average Bonchev–Trinajstić information content (AvgIpc) is 2.41. The molecule has 0 amide bonds. The van der Waals surface area contributed by atoms with Gasteiger partial charge in [0.1, 0.15) is 11.5 Å². The van der Waals surface area contributed by atoms with Gasteiger partial charge in [-0.3, -0.25) is 0 Å². The lowest BCUT2D eigenvalue weighted by Crippen LogP contribution is -2.11. The van der Waals surface area contributed by atoms with Gasteiger partial charge < -0.3 is 10.1 Å². The van der Waals surface area contributed by atoms with E-state index in [2.05, 4.69) is 47.2 Å². The lowest BCUT2D eigenvalue weighted by molar-refractivity contribution is 0.478. The Bertz CT molecular complexity index is 537. The summed E-state index contributed by atoms with van der Waals surface area (Å²) in [5.41, 5.74) is 2.43. The first-order valence-electron chi connectivity index (χ1n) is 6.42. The zero-order valence-electron chi connectivity index (χ0n) is 11.2. The van der Waals surface area contributed by atoms with Crippen molar-refractivity contribution in [2.75, 3.05) is 6.54 Å². The second-order valence-electron chi connectivity index (χ2n) is 4.44. The number of nitrogens with one attached hydrogen (secondary N) is 1. The molecule has 0 unspecified atom stereocenters. The Hall–Kier alpha value is -1.32. The van der Waals surface area contributed by atoms with Gasteiger partial charge in [0.2, 0.25) is 0 Å². The number of ether oxygens (including phenoxy) is 1. The van der Waals surface area contributed by atoms with Crippen LogP contribution in [0, 0.1) is 6.92 Å². The molecule has 0 radical (unpaired) electrons. The molecule has 0 fully saturated rings. The number of halogens is 1. The molecule has 0 saturated carbocycles. The van der Waals surface area contributed by atoms with E-state index >= 15 is 0 Å². The third kappa shape index (κ3) is 4.08. The monoisotopic (exact) mass is 319 g/mol. The van der Waals surface area contributed by atoms with Crippen LogP contribution in [-0.4, -0.2) is 6.54 Å². The van der Waals surface area contributed by atoms with Gasteiger partial charge in [0.15, 0.2) is 0 Å². The molecule has 0 bridgehead atoms. The highest BCUT2D eigenvalue weighted by atomic mass is 79.9. The molecule has 0 saturated heterocycles. The summed E-state index contributed by atoms with van der Waals surface area (Å²) in [6, 6.07) is 14.2. The van der Waals surface area contributed by atoms with Crippen molar-refractivity contribution in [2.45, 2.75) is 20.4 Å². The summed E-state index contributed by atoms with van der Waals surface area (Å²) in [6.07, 6.45) is 0. The van der Waals surface area contributed by atoms with Crippen LogP contribution in [0.15, 0.2) is 46.9 Å². The SMILES string of the molecule is CCNCc1ccc(Oc2ccc(Br)cc2)c(C)c1. The normalized spacial score (nSPS) is 10.5. The molecule has 0 aromatic heterocycles. The molecule has 2 nitrogen and oxygen atoms in total. The first-order valence-corrected chi connectivity index (χ1v) is 7.22. The van der Waals surface area contributed by atoms with Crippen LogP contribution in [0.5, 0.6) is 11.5 Å². The smallest absolute Gasteiger partial charge is 0.130 e. The van der Waals surface area contributed by atoms with Gasteiger partial charge in [-0.2, -0.15) is 0 Å². The van der Waals surface area contributed by atoms with E-state index in [1.807, 2.05) is 30.3 Å². The number of rotatable bonds is 5. The van der Waals surface area contributed by atoms with Crippen LogP contribution < -0.4 is 10.1 Å². The molecule has 0 heterocycles. The third-order valence-electron chi connectivity index (χ3n) is 2.86. The fourth-order valence-corrected chi connectivity index (χ4v) is 2.10. The molecule has 0 spiro atoms. The first-order chi connectivity index (χ1) is 9.19. The molecule has 2 aromatic carbocycles. The van der Waals surface area contributed by atoms with Crippen LogP contribution in [0.4, 0.5) is 0 Å². The quantitative estimate of drug-likeness (QED) is 0.865. The molecule has 3 heteroatoms. The van der Waals surface area contributed by atoms with E-state index in [1.54, 1.807) is 0 Å². The van der Waals surface area contributed by atoms with Crippen molar-refractivity contribution in [2.24, 2.45) is 0 Å². The van der Waals surface area contributed by atoms with Gasteiger partial charge in [-0.1, -0.05) is 35.0 Å². The summed E-state index contributed by atoms with van der Waals surface area (Å²) in [4.78, 5) is 0. The summed E-state index contributed by atoms with van der Waals surface area (Å²) in [5, 5.41) is 3.32. The van der Waals surface area contributed by atoms with Crippen molar-refractivity contribution < 1.29 is 4.74 Å². The van der Waals surface area contributed by atoms with Crippen molar-refractivity contribution in [1.29, 1.82) is 0 Å². The van der Waals surface area contributed by atoms with Crippen LogP contribution in [0.2, 0.25) is 0 Å². The van der Waals surface area contributed by atoms with Crippen LogP contribution in [0.1, 0.15) is 18.1 Å². The van der Waals surface area contributed by atoms with Crippen molar-refractivity contribution >= 4 is 15.9 Å². The Morgan fingerprint density at radius 3 is 2.47 bits per heavy atom. The summed E-state index contributed by atoms with van der Waals surface area (Å²) >= 11 is 3.42. The predicted molar refractivity (Wildman–Crippen MR) is 82.8 cm³/mol. The van der Waals surface area contributed by atoms with E-state index in [4.69, 9.17) is 4.74 Å². The largest absolute Gasteiger partial charge is 0.457 e. The van der Waals surface area contributed by atoms with E-state index in [1.165, 1.54) is 5.56 Å².